The van der Waals surface area contributed by atoms with Gasteiger partial charge in [0, 0.05) is 30.7 Å². The van der Waals surface area contributed by atoms with Crippen LogP contribution >= 0.6 is 0 Å². The number of carbonyl (C=O) groups is 1. The van der Waals surface area contributed by atoms with Gasteiger partial charge >= 0.3 is 0 Å². The fraction of sp³-hybridized carbons (Fsp3) is 0.350. The standard InChI is InChI=1S/C20H21N3O2/c1-14-11-19(22-25-14)20(24)23-9-6-15(7-10-23)12-16-4-5-18-17(13-16)3-2-8-21-18/h2-5,8,11,13,15H,6-7,9-10,12H2,1H3. The highest BCUT2D eigenvalue weighted by atomic mass is 16.5. The van der Waals surface area contributed by atoms with Gasteiger partial charge in [-0.25, -0.2) is 0 Å². The van der Waals surface area contributed by atoms with E-state index in [2.05, 4.69) is 34.4 Å². The predicted molar refractivity (Wildman–Crippen MR) is 95.3 cm³/mol. The van der Waals surface area contributed by atoms with Crippen molar-refractivity contribution in [3.05, 3.63) is 59.6 Å². The zero-order chi connectivity index (χ0) is 17.2. The second-order valence-corrected chi connectivity index (χ2v) is 6.79. The summed E-state index contributed by atoms with van der Waals surface area (Å²) >= 11 is 0. The molecule has 0 N–H and O–H groups in total. The molecule has 0 aliphatic carbocycles. The number of amides is 1. The third kappa shape index (κ3) is 3.40. The highest BCUT2D eigenvalue weighted by Gasteiger charge is 2.25. The van der Waals surface area contributed by atoms with Crippen molar-refractivity contribution < 1.29 is 9.32 Å². The maximum absolute atomic E-state index is 12.4. The van der Waals surface area contributed by atoms with Crippen molar-refractivity contribution in [2.75, 3.05) is 13.1 Å². The van der Waals surface area contributed by atoms with Gasteiger partial charge < -0.3 is 9.42 Å². The van der Waals surface area contributed by atoms with Crippen LogP contribution in [0.15, 0.2) is 47.1 Å². The van der Waals surface area contributed by atoms with Gasteiger partial charge in [0.25, 0.3) is 5.91 Å². The average molecular weight is 335 g/mol. The number of fused-ring (bicyclic) bond motifs is 1. The summed E-state index contributed by atoms with van der Waals surface area (Å²) in [6.07, 6.45) is 4.92. The van der Waals surface area contributed by atoms with Crippen LogP contribution in [0.5, 0.6) is 0 Å². The number of aryl methyl sites for hydroxylation is 1. The molecule has 1 aliphatic heterocycles. The number of piperidine rings is 1. The Kier molecular flexibility index (Phi) is 4.22. The summed E-state index contributed by atoms with van der Waals surface area (Å²) in [5, 5.41) is 5.02. The van der Waals surface area contributed by atoms with Crippen LogP contribution in [0.25, 0.3) is 10.9 Å². The monoisotopic (exact) mass is 335 g/mol. The van der Waals surface area contributed by atoms with Gasteiger partial charge in [0.05, 0.1) is 5.52 Å². The topological polar surface area (TPSA) is 59.2 Å². The number of nitrogens with zero attached hydrogens (tertiary/aromatic N) is 3. The van der Waals surface area contributed by atoms with Crippen LogP contribution < -0.4 is 0 Å². The molecule has 3 aromatic rings. The molecule has 0 spiro atoms. The van der Waals surface area contributed by atoms with Gasteiger partial charge in [-0.3, -0.25) is 9.78 Å². The largest absolute Gasteiger partial charge is 0.361 e. The highest BCUT2D eigenvalue weighted by Crippen LogP contribution is 2.24. The minimum Gasteiger partial charge on any atom is -0.361 e. The molecular formula is C20H21N3O2. The first-order chi connectivity index (χ1) is 12.2. The smallest absolute Gasteiger partial charge is 0.276 e. The number of aromatic nitrogens is 2. The molecule has 2 aromatic heterocycles. The van der Waals surface area contributed by atoms with Crippen molar-refractivity contribution in [2.24, 2.45) is 5.92 Å². The summed E-state index contributed by atoms with van der Waals surface area (Å²) in [4.78, 5) is 18.7. The molecule has 5 heteroatoms. The predicted octanol–water partition coefficient (Wildman–Crippen LogP) is 3.63. The quantitative estimate of drug-likeness (QED) is 0.733. The van der Waals surface area contributed by atoms with E-state index in [-0.39, 0.29) is 5.91 Å². The fourth-order valence-electron chi connectivity index (χ4n) is 3.55. The van der Waals surface area contributed by atoms with Crippen molar-refractivity contribution in [2.45, 2.75) is 26.2 Å². The molecule has 0 bridgehead atoms. The van der Waals surface area contributed by atoms with Crippen LogP contribution in [0.3, 0.4) is 0 Å². The lowest BCUT2D eigenvalue weighted by Crippen LogP contribution is -2.39. The molecule has 1 amide bonds. The van der Waals surface area contributed by atoms with Crippen molar-refractivity contribution in [1.82, 2.24) is 15.0 Å². The molecule has 1 saturated heterocycles. The lowest BCUT2D eigenvalue weighted by molar-refractivity contribution is 0.0680. The summed E-state index contributed by atoms with van der Waals surface area (Å²) in [5.74, 6) is 1.26. The van der Waals surface area contributed by atoms with Gasteiger partial charge in [0.2, 0.25) is 0 Å². The Bertz CT molecular complexity index is 895. The summed E-state index contributed by atoms with van der Waals surface area (Å²) in [6, 6.07) is 12.3. The lowest BCUT2D eigenvalue weighted by atomic mass is 9.89. The SMILES string of the molecule is Cc1cc(C(=O)N2CCC(Cc3ccc4ncccc4c3)CC2)no1. The average Bonchev–Trinajstić information content (AvgIpc) is 3.08. The Balaban J connectivity index is 1.37. The summed E-state index contributed by atoms with van der Waals surface area (Å²) in [5.41, 5.74) is 2.80. The second-order valence-electron chi connectivity index (χ2n) is 6.79. The Morgan fingerprint density at radius 3 is 2.84 bits per heavy atom. The Morgan fingerprint density at radius 1 is 1.24 bits per heavy atom. The van der Waals surface area contributed by atoms with Crippen molar-refractivity contribution in [1.29, 1.82) is 0 Å². The van der Waals surface area contributed by atoms with E-state index in [1.54, 1.807) is 13.0 Å². The van der Waals surface area contributed by atoms with Gasteiger partial charge in [-0.15, -0.1) is 0 Å². The van der Waals surface area contributed by atoms with Gasteiger partial charge in [-0.1, -0.05) is 17.3 Å². The Hall–Kier alpha value is -2.69. The van der Waals surface area contributed by atoms with Crippen molar-refractivity contribution in [3.63, 3.8) is 0 Å². The number of hydrogen-bond acceptors (Lipinski definition) is 4. The van der Waals surface area contributed by atoms with Crippen molar-refractivity contribution in [3.8, 4) is 0 Å². The van der Waals surface area contributed by atoms with E-state index in [4.69, 9.17) is 4.52 Å². The minimum atomic E-state index is -0.0212. The van der Waals surface area contributed by atoms with E-state index in [0.717, 1.165) is 37.9 Å². The number of carbonyl (C=O) groups excluding carboxylic acids is 1. The van der Waals surface area contributed by atoms with E-state index in [1.807, 2.05) is 17.2 Å². The number of likely N-dealkylation sites (tertiary alicyclic amines) is 1. The maximum atomic E-state index is 12.4. The number of benzene rings is 1. The minimum absolute atomic E-state index is 0.0212. The molecule has 1 fully saturated rings. The second kappa shape index (κ2) is 6.67. The fourth-order valence-corrected chi connectivity index (χ4v) is 3.55. The summed E-state index contributed by atoms with van der Waals surface area (Å²) in [7, 11) is 0. The molecule has 0 atom stereocenters. The van der Waals surface area contributed by atoms with Crippen LogP contribution in [0.2, 0.25) is 0 Å². The lowest BCUT2D eigenvalue weighted by Gasteiger charge is -2.31. The van der Waals surface area contributed by atoms with E-state index in [9.17, 15) is 4.79 Å². The third-order valence-corrected chi connectivity index (χ3v) is 4.94. The van der Waals surface area contributed by atoms with E-state index < -0.39 is 0 Å². The molecule has 0 radical (unpaired) electrons. The van der Waals surface area contributed by atoms with Crippen LogP contribution in [0, 0.1) is 12.8 Å². The first-order valence-corrected chi connectivity index (χ1v) is 8.75. The van der Waals surface area contributed by atoms with Crippen LogP contribution in [-0.2, 0) is 6.42 Å². The molecular weight excluding hydrogens is 314 g/mol. The molecule has 128 valence electrons. The molecule has 5 nitrogen and oxygen atoms in total. The normalized spacial score (nSPS) is 15.6. The summed E-state index contributed by atoms with van der Waals surface area (Å²) < 4.78 is 5.01. The molecule has 0 unspecified atom stereocenters. The zero-order valence-corrected chi connectivity index (χ0v) is 14.3. The van der Waals surface area contributed by atoms with Crippen LogP contribution in [-0.4, -0.2) is 34.0 Å². The molecule has 1 aromatic carbocycles. The van der Waals surface area contributed by atoms with Gasteiger partial charge in [-0.2, -0.15) is 0 Å². The molecule has 25 heavy (non-hydrogen) atoms. The third-order valence-electron chi connectivity index (χ3n) is 4.94. The van der Waals surface area contributed by atoms with Crippen molar-refractivity contribution >= 4 is 16.8 Å². The van der Waals surface area contributed by atoms with Gasteiger partial charge in [0.1, 0.15) is 5.76 Å². The molecule has 3 heterocycles. The maximum Gasteiger partial charge on any atom is 0.276 e. The molecule has 4 rings (SSSR count). The van der Waals surface area contributed by atoms with Gasteiger partial charge in [-0.05, 0) is 55.9 Å². The Labute approximate surface area is 146 Å². The number of pyridine rings is 1. The molecule has 1 aliphatic rings. The number of rotatable bonds is 3. The van der Waals surface area contributed by atoms with Crippen LogP contribution in [0.1, 0.15) is 34.7 Å². The number of hydrogen-bond donors (Lipinski definition) is 0. The Morgan fingerprint density at radius 2 is 2.08 bits per heavy atom. The van der Waals surface area contributed by atoms with Gasteiger partial charge in [0.15, 0.2) is 5.69 Å². The van der Waals surface area contributed by atoms with E-state index >= 15 is 0 Å². The zero-order valence-electron chi connectivity index (χ0n) is 14.3. The molecule has 0 saturated carbocycles. The van der Waals surface area contributed by atoms with Crippen LogP contribution in [0.4, 0.5) is 0 Å². The van der Waals surface area contributed by atoms with E-state index in [0.29, 0.717) is 17.4 Å². The first-order valence-electron chi connectivity index (χ1n) is 8.75. The highest BCUT2D eigenvalue weighted by molar-refractivity contribution is 5.92. The first kappa shape index (κ1) is 15.8. The summed E-state index contributed by atoms with van der Waals surface area (Å²) in [6.45, 7) is 3.37. The van der Waals surface area contributed by atoms with E-state index in [1.165, 1.54) is 10.9 Å².